The second kappa shape index (κ2) is 6.45. The molecule has 0 spiro atoms. The molecule has 0 amide bonds. The molecule has 0 unspecified atom stereocenters. The van der Waals surface area contributed by atoms with Gasteiger partial charge in [0.25, 0.3) is 0 Å². The summed E-state index contributed by atoms with van der Waals surface area (Å²) in [5.74, 6) is 1.45. The zero-order chi connectivity index (χ0) is 12.5. The summed E-state index contributed by atoms with van der Waals surface area (Å²) in [7, 11) is 0. The number of pyridine rings is 1. The van der Waals surface area contributed by atoms with Crippen LogP contribution in [-0.2, 0) is 32.7 Å². The van der Waals surface area contributed by atoms with Crippen LogP contribution >= 0.6 is 0 Å². The molecule has 18 heavy (non-hydrogen) atoms. The molecular weight excluding hydrogens is 301 g/mol. The van der Waals surface area contributed by atoms with Gasteiger partial charge in [-0.1, -0.05) is 20.0 Å². The number of aliphatic hydroxyl groups is 1. The molecule has 4 heteroatoms. The third kappa shape index (κ3) is 4.01. The standard InChI is InChI=1S/C14H21N2O.Y/c1-11(2)12-4-5-13(15-10-12)16-8-6-14(3,17)7-9-16;/h5,10-11,17H,6-9H2,1-3H3;/q-1;. The average molecular weight is 322 g/mol. The normalized spacial score (nSPS) is 18.6. The molecule has 2 rings (SSSR count). The van der Waals surface area contributed by atoms with Crippen LogP contribution in [0.3, 0.4) is 0 Å². The van der Waals surface area contributed by atoms with Crippen molar-refractivity contribution in [2.75, 3.05) is 18.0 Å². The van der Waals surface area contributed by atoms with Crippen molar-refractivity contribution >= 4 is 5.82 Å². The van der Waals surface area contributed by atoms with Gasteiger partial charge in [-0.3, -0.25) is 0 Å². The first-order valence-corrected chi connectivity index (χ1v) is 6.33. The molecule has 1 saturated heterocycles. The van der Waals surface area contributed by atoms with Crippen molar-refractivity contribution < 1.29 is 37.8 Å². The van der Waals surface area contributed by atoms with E-state index in [0.29, 0.717) is 5.92 Å². The van der Waals surface area contributed by atoms with E-state index in [9.17, 15) is 5.11 Å². The smallest absolute Gasteiger partial charge is 0.0652 e. The zero-order valence-electron chi connectivity index (χ0n) is 11.5. The van der Waals surface area contributed by atoms with Gasteiger partial charge in [0, 0.05) is 51.6 Å². The number of rotatable bonds is 2. The van der Waals surface area contributed by atoms with Gasteiger partial charge in [-0.25, -0.2) is 0 Å². The van der Waals surface area contributed by atoms with Gasteiger partial charge in [-0.15, -0.1) is 11.6 Å². The van der Waals surface area contributed by atoms with Gasteiger partial charge in [0.2, 0.25) is 0 Å². The van der Waals surface area contributed by atoms with E-state index in [1.54, 1.807) is 0 Å². The van der Waals surface area contributed by atoms with Crippen LogP contribution in [0.15, 0.2) is 12.3 Å². The summed E-state index contributed by atoms with van der Waals surface area (Å²) < 4.78 is 0. The van der Waals surface area contributed by atoms with Crippen molar-refractivity contribution in [1.82, 2.24) is 4.98 Å². The molecule has 1 N–H and O–H groups in total. The van der Waals surface area contributed by atoms with Crippen LogP contribution < -0.4 is 4.90 Å². The van der Waals surface area contributed by atoms with E-state index in [4.69, 9.17) is 0 Å². The molecule has 0 saturated carbocycles. The number of piperidine rings is 1. The van der Waals surface area contributed by atoms with Crippen molar-refractivity contribution in [2.45, 2.75) is 45.1 Å². The van der Waals surface area contributed by atoms with Crippen LogP contribution in [0.25, 0.3) is 0 Å². The summed E-state index contributed by atoms with van der Waals surface area (Å²) in [5, 5.41) is 9.90. The number of nitrogens with zero attached hydrogens (tertiary/aromatic N) is 2. The molecule has 0 aromatic carbocycles. The van der Waals surface area contributed by atoms with E-state index in [1.807, 2.05) is 19.2 Å². The van der Waals surface area contributed by atoms with E-state index in [-0.39, 0.29) is 32.7 Å². The molecule has 2 heterocycles. The third-order valence-corrected chi connectivity index (χ3v) is 3.49. The number of aromatic nitrogens is 1. The maximum atomic E-state index is 9.90. The fourth-order valence-corrected chi connectivity index (χ4v) is 2.06. The van der Waals surface area contributed by atoms with Crippen molar-refractivity contribution in [3.63, 3.8) is 0 Å². The zero-order valence-corrected chi connectivity index (χ0v) is 14.3. The molecule has 1 aromatic rings. The topological polar surface area (TPSA) is 36.4 Å². The summed E-state index contributed by atoms with van der Waals surface area (Å²) >= 11 is 0. The van der Waals surface area contributed by atoms with E-state index in [0.717, 1.165) is 37.3 Å². The summed E-state index contributed by atoms with van der Waals surface area (Å²) in [6.45, 7) is 7.94. The Bertz CT molecular complexity index is 366. The monoisotopic (exact) mass is 322 g/mol. The predicted octanol–water partition coefficient (Wildman–Crippen LogP) is 2.35. The van der Waals surface area contributed by atoms with Crippen molar-refractivity contribution in [3.05, 3.63) is 23.9 Å². The molecule has 0 atom stereocenters. The second-order valence-corrected chi connectivity index (χ2v) is 5.50. The Hall–Kier alpha value is 0.0139. The SMILES string of the molecule is CC(C)c1[c-]cc(N2CCC(C)(O)CC2)nc1.[Y]. The van der Waals surface area contributed by atoms with Gasteiger partial charge in [0.05, 0.1) is 5.60 Å². The Kier molecular flexibility index (Phi) is 5.76. The van der Waals surface area contributed by atoms with Crippen LogP contribution in [0.4, 0.5) is 5.82 Å². The molecular formula is C14H21N2OY-. The molecule has 0 bridgehead atoms. The first-order chi connectivity index (χ1) is 7.98. The maximum Gasteiger partial charge on any atom is 0.0652 e. The van der Waals surface area contributed by atoms with E-state index >= 15 is 0 Å². The Labute approximate surface area is 135 Å². The van der Waals surface area contributed by atoms with Gasteiger partial charge in [-0.05, 0) is 25.7 Å². The molecule has 1 aliphatic heterocycles. The maximum absolute atomic E-state index is 9.90. The fourth-order valence-electron chi connectivity index (χ4n) is 2.06. The molecule has 97 valence electrons. The summed E-state index contributed by atoms with van der Waals surface area (Å²) in [4.78, 5) is 6.71. The predicted molar refractivity (Wildman–Crippen MR) is 69.2 cm³/mol. The van der Waals surface area contributed by atoms with Crippen molar-refractivity contribution in [2.24, 2.45) is 0 Å². The van der Waals surface area contributed by atoms with Gasteiger partial charge in [-0.2, -0.15) is 6.07 Å². The molecule has 3 nitrogen and oxygen atoms in total. The van der Waals surface area contributed by atoms with Gasteiger partial charge < -0.3 is 15.0 Å². The molecule has 1 fully saturated rings. The van der Waals surface area contributed by atoms with Crippen LogP contribution in [0.5, 0.6) is 0 Å². The quantitative estimate of drug-likeness (QED) is 0.849. The second-order valence-electron chi connectivity index (χ2n) is 5.50. The van der Waals surface area contributed by atoms with Crippen LogP contribution in [-0.4, -0.2) is 28.8 Å². The Morgan fingerprint density at radius 3 is 2.44 bits per heavy atom. The average Bonchev–Trinajstić information content (AvgIpc) is 2.29. The minimum absolute atomic E-state index is 0. The Morgan fingerprint density at radius 2 is 2.00 bits per heavy atom. The fraction of sp³-hybridized carbons (Fsp3) is 0.643. The largest absolute Gasteiger partial charge is 0.409 e. The summed E-state index contributed by atoms with van der Waals surface area (Å²) in [6, 6.07) is 5.26. The first-order valence-electron chi connectivity index (χ1n) is 6.33. The minimum atomic E-state index is -0.502. The van der Waals surface area contributed by atoms with E-state index < -0.39 is 5.60 Å². The van der Waals surface area contributed by atoms with Crippen molar-refractivity contribution in [1.29, 1.82) is 0 Å². The molecule has 1 aliphatic rings. The van der Waals surface area contributed by atoms with E-state index in [2.05, 4.69) is 29.8 Å². The third-order valence-electron chi connectivity index (χ3n) is 3.49. The van der Waals surface area contributed by atoms with Crippen LogP contribution in [0.2, 0.25) is 0 Å². The van der Waals surface area contributed by atoms with E-state index in [1.165, 1.54) is 0 Å². The van der Waals surface area contributed by atoms with Crippen LogP contribution in [0.1, 0.15) is 45.1 Å². The first kappa shape index (κ1) is 16.1. The Balaban J connectivity index is 0.00000162. The summed E-state index contributed by atoms with van der Waals surface area (Å²) in [6.07, 6.45) is 3.52. The van der Waals surface area contributed by atoms with Gasteiger partial charge in [0.15, 0.2) is 0 Å². The summed E-state index contributed by atoms with van der Waals surface area (Å²) in [5.41, 5.74) is 0.649. The van der Waals surface area contributed by atoms with Crippen molar-refractivity contribution in [3.8, 4) is 0 Å². The van der Waals surface area contributed by atoms with Gasteiger partial charge >= 0.3 is 0 Å². The minimum Gasteiger partial charge on any atom is -0.409 e. The Morgan fingerprint density at radius 1 is 1.39 bits per heavy atom. The number of hydrogen-bond acceptors (Lipinski definition) is 3. The number of anilines is 1. The number of hydrogen-bond donors (Lipinski definition) is 1. The molecule has 1 radical (unpaired) electrons. The molecule has 0 aliphatic carbocycles. The van der Waals surface area contributed by atoms with Crippen LogP contribution in [0, 0.1) is 6.07 Å². The molecule has 1 aromatic heterocycles. The van der Waals surface area contributed by atoms with Gasteiger partial charge in [0.1, 0.15) is 0 Å².